The zero-order valence-corrected chi connectivity index (χ0v) is 14.8. The number of fused-ring (bicyclic) bond motifs is 3. The van der Waals surface area contributed by atoms with E-state index < -0.39 is 0 Å². The lowest BCUT2D eigenvalue weighted by Gasteiger charge is -2.58. The maximum atomic E-state index is 13.1. The first kappa shape index (κ1) is 17.5. The van der Waals surface area contributed by atoms with E-state index in [9.17, 15) is 19.1 Å². The zero-order chi connectivity index (χ0) is 19.1. The van der Waals surface area contributed by atoms with Gasteiger partial charge in [0.1, 0.15) is 5.82 Å². The fourth-order valence-electron chi connectivity index (χ4n) is 4.19. The number of para-hydroxylation sites is 1. The van der Waals surface area contributed by atoms with E-state index in [0.29, 0.717) is 12.2 Å². The minimum Gasteiger partial charge on any atom is -0.394 e. The highest BCUT2D eigenvalue weighted by molar-refractivity contribution is 5.95. The van der Waals surface area contributed by atoms with E-state index in [4.69, 9.17) is 0 Å². The number of halogens is 1. The molecule has 7 heteroatoms. The van der Waals surface area contributed by atoms with E-state index >= 15 is 0 Å². The molecule has 6 nitrogen and oxygen atoms in total. The van der Waals surface area contributed by atoms with Crippen molar-refractivity contribution in [1.29, 1.82) is 0 Å². The second kappa shape index (κ2) is 6.66. The van der Waals surface area contributed by atoms with Crippen LogP contribution in [0, 0.1) is 5.82 Å². The van der Waals surface area contributed by atoms with Crippen molar-refractivity contribution in [1.82, 2.24) is 4.90 Å². The Kier molecular flexibility index (Phi) is 4.31. The number of anilines is 2. The lowest BCUT2D eigenvalue weighted by Crippen LogP contribution is -2.71. The van der Waals surface area contributed by atoms with Crippen molar-refractivity contribution in [2.45, 2.75) is 24.9 Å². The van der Waals surface area contributed by atoms with E-state index in [1.165, 1.54) is 31.2 Å². The summed E-state index contributed by atoms with van der Waals surface area (Å²) in [5.41, 5.74) is 2.28. The van der Waals surface area contributed by atoms with Crippen molar-refractivity contribution in [2.24, 2.45) is 0 Å². The molecule has 2 N–H and O–H groups in total. The molecule has 0 radical (unpaired) electrons. The molecule has 4 rings (SSSR count). The van der Waals surface area contributed by atoms with Gasteiger partial charge in [0.15, 0.2) is 0 Å². The van der Waals surface area contributed by atoms with Gasteiger partial charge in [-0.15, -0.1) is 0 Å². The number of aliphatic hydroxyl groups is 1. The van der Waals surface area contributed by atoms with Crippen LogP contribution in [-0.4, -0.2) is 47.2 Å². The summed E-state index contributed by atoms with van der Waals surface area (Å²) >= 11 is 0. The molecule has 0 bridgehead atoms. The first-order valence-electron chi connectivity index (χ1n) is 8.84. The van der Waals surface area contributed by atoms with Crippen LogP contribution in [0.15, 0.2) is 48.5 Å². The molecule has 0 spiro atoms. The van der Waals surface area contributed by atoms with E-state index in [1.807, 2.05) is 24.3 Å². The van der Waals surface area contributed by atoms with Gasteiger partial charge in [0, 0.05) is 30.8 Å². The largest absolute Gasteiger partial charge is 0.394 e. The molecule has 2 aliphatic heterocycles. The Morgan fingerprint density at radius 2 is 1.89 bits per heavy atom. The molecule has 2 aromatic rings. The third-order valence-corrected chi connectivity index (χ3v) is 5.40. The van der Waals surface area contributed by atoms with Gasteiger partial charge >= 0.3 is 6.03 Å². The van der Waals surface area contributed by atoms with E-state index in [2.05, 4.69) is 5.32 Å². The quantitative estimate of drug-likeness (QED) is 0.855. The number of carbonyl (C=O) groups is 2. The Morgan fingerprint density at radius 1 is 1.19 bits per heavy atom. The summed E-state index contributed by atoms with van der Waals surface area (Å²) in [5.74, 6) is -0.501. The molecule has 1 saturated heterocycles. The van der Waals surface area contributed by atoms with Crippen molar-refractivity contribution >= 4 is 23.3 Å². The summed E-state index contributed by atoms with van der Waals surface area (Å²) in [6.45, 7) is 1.71. The SMILES string of the molecule is CC(=O)N1C[C@@H]2[C@H](c3ccccc31)[C@H](CO)N2C(=O)Nc1ccc(F)cc1. The summed E-state index contributed by atoms with van der Waals surface area (Å²) in [5, 5.41) is 12.6. The number of aliphatic hydroxyl groups excluding tert-OH is 1. The Balaban J connectivity index is 1.62. The van der Waals surface area contributed by atoms with Crippen LogP contribution in [0.1, 0.15) is 18.4 Å². The Morgan fingerprint density at radius 3 is 2.56 bits per heavy atom. The summed E-state index contributed by atoms with van der Waals surface area (Å²) in [6, 6.07) is 12.2. The molecule has 0 aromatic heterocycles. The molecule has 0 saturated carbocycles. The number of hydrogen-bond donors (Lipinski definition) is 2. The number of carbonyl (C=O) groups excluding carboxylic acids is 2. The minimum atomic E-state index is -0.383. The molecule has 0 unspecified atom stereocenters. The number of nitrogens with one attached hydrogen (secondary N) is 1. The zero-order valence-electron chi connectivity index (χ0n) is 14.8. The van der Waals surface area contributed by atoms with Crippen molar-refractivity contribution in [3.8, 4) is 0 Å². The van der Waals surface area contributed by atoms with Gasteiger partial charge in [0.2, 0.25) is 5.91 Å². The normalized spacial score (nSPS) is 23.1. The third-order valence-electron chi connectivity index (χ3n) is 5.40. The number of likely N-dealkylation sites (tertiary alicyclic amines) is 1. The molecule has 0 aliphatic carbocycles. The summed E-state index contributed by atoms with van der Waals surface area (Å²) < 4.78 is 13.1. The number of urea groups is 1. The molecule has 3 amide bonds. The number of hydrogen-bond acceptors (Lipinski definition) is 3. The standard InChI is InChI=1S/C20H20FN3O3/c1-12(26)23-10-17-19(15-4-2-3-5-16(15)23)18(11-25)24(17)20(27)22-14-8-6-13(21)7-9-14/h2-9,17-19,25H,10-11H2,1H3,(H,22,27)/t17-,18+,19+/m1/s1. The predicted octanol–water partition coefficient (Wildman–Crippen LogP) is 2.55. The van der Waals surface area contributed by atoms with Crippen molar-refractivity contribution in [3.05, 3.63) is 59.9 Å². The van der Waals surface area contributed by atoms with Gasteiger partial charge in [-0.1, -0.05) is 18.2 Å². The molecular formula is C20H20FN3O3. The minimum absolute atomic E-state index is 0.0271. The van der Waals surface area contributed by atoms with Crippen LogP contribution in [-0.2, 0) is 4.79 Å². The molecule has 2 heterocycles. The van der Waals surface area contributed by atoms with Crippen LogP contribution >= 0.6 is 0 Å². The van der Waals surface area contributed by atoms with Crippen LogP contribution < -0.4 is 10.2 Å². The first-order valence-corrected chi connectivity index (χ1v) is 8.84. The Bertz CT molecular complexity index is 886. The Hall–Kier alpha value is -2.93. The van der Waals surface area contributed by atoms with Gasteiger partial charge in [-0.3, -0.25) is 4.79 Å². The van der Waals surface area contributed by atoms with Gasteiger partial charge in [0.25, 0.3) is 0 Å². The lowest BCUT2D eigenvalue weighted by molar-refractivity contribution is -0.117. The number of nitrogens with zero attached hydrogens (tertiary/aromatic N) is 2. The predicted molar refractivity (Wildman–Crippen MR) is 99.1 cm³/mol. The lowest BCUT2D eigenvalue weighted by atomic mass is 9.72. The first-order chi connectivity index (χ1) is 13.0. The highest BCUT2D eigenvalue weighted by Crippen LogP contribution is 2.48. The summed E-state index contributed by atoms with van der Waals surface area (Å²) in [4.78, 5) is 28.2. The molecule has 27 heavy (non-hydrogen) atoms. The summed E-state index contributed by atoms with van der Waals surface area (Å²) in [6.07, 6.45) is 0. The molecule has 3 atom stereocenters. The maximum Gasteiger partial charge on any atom is 0.322 e. The molecule has 2 aliphatic rings. The van der Waals surface area contributed by atoms with Gasteiger partial charge in [0.05, 0.1) is 18.7 Å². The highest BCUT2D eigenvalue weighted by atomic mass is 19.1. The van der Waals surface area contributed by atoms with Crippen LogP contribution in [0.4, 0.5) is 20.6 Å². The van der Waals surface area contributed by atoms with Gasteiger partial charge < -0.3 is 20.2 Å². The second-order valence-electron chi connectivity index (χ2n) is 6.88. The van der Waals surface area contributed by atoms with Crippen molar-refractivity contribution in [2.75, 3.05) is 23.4 Å². The van der Waals surface area contributed by atoms with Crippen molar-refractivity contribution in [3.63, 3.8) is 0 Å². The fourth-order valence-corrected chi connectivity index (χ4v) is 4.19. The molecular weight excluding hydrogens is 349 g/mol. The number of benzene rings is 2. The topological polar surface area (TPSA) is 72.9 Å². The molecule has 1 fully saturated rings. The molecule has 2 aromatic carbocycles. The van der Waals surface area contributed by atoms with Crippen LogP contribution in [0.2, 0.25) is 0 Å². The van der Waals surface area contributed by atoms with Crippen LogP contribution in [0.3, 0.4) is 0 Å². The van der Waals surface area contributed by atoms with Gasteiger partial charge in [-0.05, 0) is 35.9 Å². The smallest absolute Gasteiger partial charge is 0.322 e. The van der Waals surface area contributed by atoms with E-state index in [-0.39, 0.29) is 42.4 Å². The Labute approximate surface area is 156 Å². The molecule has 140 valence electrons. The van der Waals surface area contributed by atoms with Gasteiger partial charge in [-0.25, -0.2) is 9.18 Å². The average molecular weight is 369 g/mol. The van der Waals surface area contributed by atoms with E-state index in [1.54, 1.807) is 9.80 Å². The highest BCUT2D eigenvalue weighted by Gasteiger charge is 2.55. The van der Waals surface area contributed by atoms with Crippen LogP contribution in [0.25, 0.3) is 0 Å². The summed E-state index contributed by atoms with van der Waals surface area (Å²) in [7, 11) is 0. The maximum absolute atomic E-state index is 13.1. The van der Waals surface area contributed by atoms with E-state index in [0.717, 1.165) is 11.3 Å². The van der Waals surface area contributed by atoms with Crippen LogP contribution in [0.5, 0.6) is 0 Å². The number of amides is 3. The fraction of sp³-hybridized carbons (Fsp3) is 0.300. The van der Waals surface area contributed by atoms with Gasteiger partial charge in [-0.2, -0.15) is 0 Å². The monoisotopic (exact) mass is 369 g/mol. The average Bonchev–Trinajstić information content (AvgIpc) is 2.63. The van der Waals surface area contributed by atoms with Crippen molar-refractivity contribution < 1.29 is 19.1 Å². The third kappa shape index (κ3) is 2.84. The number of rotatable bonds is 2. The second-order valence-corrected chi connectivity index (χ2v) is 6.88.